The van der Waals surface area contributed by atoms with Gasteiger partial charge in [-0.3, -0.25) is 10.1 Å². The van der Waals surface area contributed by atoms with E-state index in [2.05, 4.69) is 16.9 Å². The molecule has 0 saturated carbocycles. The Morgan fingerprint density at radius 3 is 2.95 bits per heavy atom. The fourth-order valence-electron chi connectivity index (χ4n) is 2.58. The Balaban J connectivity index is 2.27. The highest BCUT2D eigenvalue weighted by molar-refractivity contribution is 5.58. The lowest BCUT2D eigenvalue weighted by atomic mass is 10.0. The van der Waals surface area contributed by atoms with Gasteiger partial charge in [-0.1, -0.05) is 0 Å². The summed E-state index contributed by atoms with van der Waals surface area (Å²) in [4.78, 5) is 19.3. The van der Waals surface area contributed by atoms with Crippen LogP contribution in [0.15, 0.2) is 12.3 Å². The number of likely N-dealkylation sites (tertiary alicyclic amines) is 1. The minimum Gasteiger partial charge on any atom is -0.350 e. The minimum absolute atomic E-state index is 0.0933. The molecule has 2 heterocycles. The highest BCUT2D eigenvalue weighted by atomic mass is 16.6. The lowest BCUT2D eigenvalue weighted by Crippen LogP contribution is -2.45. The molecular weight excluding hydrogens is 244 g/mol. The maximum absolute atomic E-state index is 11.2. The van der Waals surface area contributed by atoms with E-state index in [4.69, 9.17) is 0 Å². The summed E-state index contributed by atoms with van der Waals surface area (Å²) in [5, 5.41) is 11.2. The number of piperidine rings is 1. The summed E-state index contributed by atoms with van der Waals surface area (Å²) in [6.07, 6.45) is 3.85. The molecule has 0 spiro atoms. The molecule has 0 aromatic carbocycles. The molecule has 2 rings (SSSR count). The van der Waals surface area contributed by atoms with E-state index in [0.29, 0.717) is 5.82 Å². The van der Waals surface area contributed by atoms with E-state index in [1.54, 1.807) is 12.3 Å². The largest absolute Gasteiger partial charge is 0.350 e. The first-order chi connectivity index (χ1) is 8.99. The van der Waals surface area contributed by atoms with Gasteiger partial charge in [0.15, 0.2) is 0 Å². The summed E-state index contributed by atoms with van der Waals surface area (Å²) >= 11 is 0. The zero-order chi connectivity index (χ0) is 14.0. The minimum atomic E-state index is -0.349. The molecule has 0 aliphatic carbocycles. The van der Waals surface area contributed by atoms with E-state index in [9.17, 15) is 10.1 Å². The van der Waals surface area contributed by atoms with Crippen molar-refractivity contribution in [2.75, 3.05) is 32.1 Å². The predicted molar refractivity (Wildman–Crippen MR) is 74.6 cm³/mol. The second kappa shape index (κ2) is 5.52. The lowest BCUT2D eigenvalue weighted by Gasteiger charge is -2.36. The SMILES string of the molecule is Cc1cnc(N(C)C2CCCN(C)C2)c([N+](=O)[O-])c1. The Morgan fingerprint density at radius 2 is 2.32 bits per heavy atom. The van der Waals surface area contributed by atoms with E-state index in [-0.39, 0.29) is 16.7 Å². The molecule has 6 heteroatoms. The summed E-state index contributed by atoms with van der Waals surface area (Å²) in [5.41, 5.74) is 0.903. The van der Waals surface area contributed by atoms with Gasteiger partial charge in [0, 0.05) is 31.9 Å². The monoisotopic (exact) mass is 264 g/mol. The predicted octanol–water partition coefficient (Wildman–Crippen LogP) is 1.83. The molecule has 1 aromatic rings. The third-order valence-corrected chi connectivity index (χ3v) is 3.66. The van der Waals surface area contributed by atoms with Crippen LogP contribution in [0.1, 0.15) is 18.4 Å². The Labute approximate surface area is 113 Å². The Morgan fingerprint density at radius 1 is 1.58 bits per heavy atom. The van der Waals surface area contributed by atoms with Crippen LogP contribution >= 0.6 is 0 Å². The van der Waals surface area contributed by atoms with Crippen LogP contribution in [-0.2, 0) is 0 Å². The number of aryl methyl sites for hydroxylation is 1. The van der Waals surface area contributed by atoms with Crippen LogP contribution in [0.3, 0.4) is 0 Å². The Hall–Kier alpha value is -1.69. The Bertz CT molecular complexity index is 478. The van der Waals surface area contributed by atoms with E-state index in [1.807, 2.05) is 18.9 Å². The summed E-state index contributed by atoms with van der Waals surface area (Å²) < 4.78 is 0. The molecule has 1 atom stereocenters. The standard InChI is InChI=1S/C13H20N4O2/c1-10-7-12(17(18)19)13(14-8-10)16(3)11-5-4-6-15(2)9-11/h7-8,11H,4-6,9H2,1-3H3. The van der Waals surface area contributed by atoms with Crippen LogP contribution in [0, 0.1) is 17.0 Å². The van der Waals surface area contributed by atoms with Gasteiger partial charge in [0.25, 0.3) is 0 Å². The maximum Gasteiger partial charge on any atom is 0.311 e. The number of nitro groups is 1. The van der Waals surface area contributed by atoms with Crippen LogP contribution in [0.5, 0.6) is 0 Å². The summed E-state index contributed by atoms with van der Waals surface area (Å²) in [5.74, 6) is 0.468. The number of anilines is 1. The molecule has 1 aliphatic heterocycles. The molecule has 104 valence electrons. The fourth-order valence-corrected chi connectivity index (χ4v) is 2.58. The second-order valence-corrected chi connectivity index (χ2v) is 5.28. The molecule has 1 aliphatic rings. The van der Waals surface area contributed by atoms with Crippen molar-refractivity contribution < 1.29 is 4.92 Å². The number of rotatable bonds is 3. The van der Waals surface area contributed by atoms with Crippen LogP contribution in [-0.4, -0.2) is 48.0 Å². The molecule has 0 bridgehead atoms. The number of hydrogen-bond donors (Lipinski definition) is 0. The van der Waals surface area contributed by atoms with Gasteiger partial charge in [0.2, 0.25) is 5.82 Å². The van der Waals surface area contributed by atoms with Gasteiger partial charge in [-0.15, -0.1) is 0 Å². The van der Waals surface area contributed by atoms with Crippen LogP contribution < -0.4 is 4.90 Å². The van der Waals surface area contributed by atoms with Gasteiger partial charge < -0.3 is 9.80 Å². The van der Waals surface area contributed by atoms with Crippen molar-refractivity contribution in [2.24, 2.45) is 0 Å². The third kappa shape index (κ3) is 3.01. The fraction of sp³-hybridized carbons (Fsp3) is 0.615. The molecule has 1 unspecified atom stereocenters. The molecular formula is C13H20N4O2. The molecule has 1 fully saturated rings. The summed E-state index contributed by atoms with van der Waals surface area (Å²) in [7, 11) is 3.98. The first-order valence-corrected chi connectivity index (χ1v) is 6.51. The zero-order valence-corrected chi connectivity index (χ0v) is 11.7. The zero-order valence-electron chi connectivity index (χ0n) is 11.7. The Kier molecular flexibility index (Phi) is 3.99. The number of hydrogen-bond acceptors (Lipinski definition) is 5. The van der Waals surface area contributed by atoms with Crippen LogP contribution in [0.2, 0.25) is 0 Å². The van der Waals surface area contributed by atoms with Crippen molar-refractivity contribution in [3.63, 3.8) is 0 Å². The topological polar surface area (TPSA) is 62.5 Å². The average Bonchev–Trinajstić information content (AvgIpc) is 2.37. The quantitative estimate of drug-likeness (QED) is 0.615. The molecule has 1 aromatic heterocycles. The van der Waals surface area contributed by atoms with Crippen molar-refractivity contribution in [1.82, 2.24) is 9.88 Å². The molecule has 0 amide bonds. The molecule has 0 radical (unpaired) electrons. The summed E-state index contributed by atoms with van der Waals surface area (Å²) in [6, 6.07) is 1.87. The number of pyridine rings is 1. The molecule has 1 saturated heterocycles. The van der Waals surface area contributed by atoms with Crippen LogP contribution in [0.25, 0.3) is 0 Å². The third-order valence-electron chi connectivity index (χ3n) is 3.66. The van der Waals surface area contributed by atoms with Gasteiger partial charge in [0.05, 0.1) is 4.92 Å². The number of aromatic nitrogens is 1. The second-order valence-electron chi connectivity index (χ2n) is 5.28. The first-order valence-electron chi connectivity index (χ1n) is 6.51. The highest BCUT2D eigenvalue weighted by Crippen LogP contribution is 2.28. The van der Waals surface area contributed by atoms with Crippen molar-refractivity contribution in [2.45, 2.75) is 25.8 Å². The van der Waals surface area contributed by atoms with E-state index in [0.717, 1.165) is 31.5 Å². The average molecular weight is 264 g/mol. The number of likely N-dealkylation sites (N-methyl/N-ethyl adjacent to an activating group) is 2. The molecule has 0 N–H and O–H groups in total. The molecule has 19 heavy (non-hydrogen) atoms. The highest BCUT2D eigenvalue weighted by Gasteiger charge is 2.27. The van der Waals surface area contributed by atoms with Crippen LogP contribution in [0.4, 0.5) is 11.5 Å². The van der Waals surface area contributed by atoms with Crippen molar-refractivity contribution in [3.8, 4) is 0 Å². The van der Waals surface area contributed by atoms with E-state index < -0.39 is 0 Å². The van der Waals surface area contributed by atoms with E-state index >= 15 is 0 Å². The first kappa shape index (κ1) is 13.7. The maximum atomic E-state index is 11.2. The van der Waals surface area contributed by atoms with Crippen molar-refractivity contribution in [1.29, 1.82) is 0 Å². The van der Waals surface area contributed by atoms with Crippen molar-refractivity contribution in [3.05, 3.63) is 27.9 Å². The normalized spacial score (nSPS) is 20.3. The van der Waals surface area contributed by atoms with Gasteiger partial charge in [0.1, 0.15) is 0 Å². The molecule has 6 nitrogen and oxygen atoms in total. The summed E-state index contributed by atoms with van der Waals surface area (Å²) in [6.45, 7) is 3.83. The van der Waals surface area contributed by atoms with Gasteiger partial charge >= 0.3 is 5.69 Å². The van der Waals surface area contributed by atoms with Gasteiger partial charge in [-0.25, -0.2) is 4.98 Å². The van der Waals surface area contributed by atoms with Crippen molar-refractivity contribution >= 4 is 11.5 Å². The number of nitrogens with zero attached hydrogens (tertiary/aromatic N) is 4. The van der Waals surface area contributed by atoms with Gasteiger partial charge in [-0.05, 0) is 38.9 Å². The smallest absolute Gasteiger partial charge is 0.311 e. The van der Waals surface area contributed by atoms with Gasteiger partial charge in [-0.2, -0.15) is 0 Å². The van der Waals surface area contributed by atoms with E-state index in [1.165, 1.54) is 0 Å². The lowest BCUT2D eigenvalue weighted by molar-refractivity contribution is -0.384.